The predicted molar refractivity (Wildman–Crippen MR) is 123 cm³/mol. The number of halogens is 1. The van der Waals surface area contributed by atoms with Gasteiger partial charge >= 0.3 is 4.87 Å². The number of aromatic amines is 1. The topological polar surface area (TPSA) is 99.3 Å². The standard InChI is InChI=1S/C22H18ClN3O4S2/c23-9-1-3-10(4-2-9)24-15(27)5-6-26-20(28)16-11-7-13(17(16)21(26)29)18-12(11)8-14-19(32-18)25-22(30)31-14/h1-4,8,11,13,16-18H,5-7H2,(H,24,27)(H,25,30)/t11-,13+,16+,17+,18-/m0/s1. The first-order valence-corrected chi connectivity index (χ1v) is 12.5. The van der Waals surface area contributed by atoms with Gasteiger partial charge < -0.3 is 10.3 Å². The Hall–Kier alpha value is -2.36. The van der Waals surface area contributed by atoms with Crippen molar-refractivity contribution in [2.75, 3.05) is 11.9 Å². The van der Waals surface area contributed by atoms with Gasteiger partial charge in [0.2, 0.25) is 17.7 Å². The van der Waals surface area contributed by atoms with Crippen LogP contribution in [0.1, 0.15) is 17.7 Å². The zero-order valence-corrected chi connectivity index (χ0v) is 19.1. The molecule has 6 rings (SSSR count). The molecule has 1 aromatic carbocycles. The number of thiazole rings is 1. The molecule has 7 nitrogen and oxygen atoms in total. The van der Waals surface area contributed by atoms with Gasteiger partial charge in [-0.1, -0.05) is 40.3 Å². The minimum Gasteiger partial charge on any atom is -0.326 e. The van der Waals surface area contributed by atoms with Crippen molar-refractivity contribution in [3.05, 3.63) is 49.4 Å². The highest BCUT2D eigenvalue weighted by atomic mass is 35.5. The van der Waals surface area contributed by atoms with Gasteiger partial charge in [-0.2, -0.15) is 0 Å². The molecule has 3 fully saturated rings. The van der Waals surface area contributed by atoms with Crippen molar-refractivity contribution in [3.63, 3.8) is 0 Å². The number of hydrogen-bond acceptors (Lipinski definition) is 6. The third-order valence-electron chi connectivity index (χ3n) is 6.93. The predicted octanol–water partition coefficient (Wildman–Crippen LogP) is 3.23. The van der Waals surface area contributed by atoms with Crippen molar-refractivity contribution in [2.24, 2.45) is 23.7 Å². The maximum atomic E-state index is 13.2. The number of H-pyrrole nitrogens is 1. The molecule has 1 aromatic heterocycles. The number of benzene rings is 1. The van der Waals surface area contributed by atoms with Crippen molar-refractivity contribution in [3.8, 4) is 0 Å². The highest BCUT2D eigenvalue weighted by Crippen LogP contribution is 2.64. The van der Waals surface area contributed by atoms with E-state index in [9.17, 15) is 19.2 Å². The van der Waals surface area contributed by atoms with Gasteiger partial charge in [-0.05, 0) is 48.6 Å². The second-order valence-electron chi connectivity index (χ2n) is 8.58. The van der Waals surface area contributed by atoms with E-state index in [1.165, 1.54) is 21.8 Å². The van der Waals surface area contributed by atoms with Gasteiger partial charge in [0.05, 0.1) is 21.7 Å². The summed E-state index contributed by atoms with van der Waals surface area (Å²) in [5, 5.41) is 4.34. The first-order valence-electron chi connectivity index (χ1n) is 10.4. The van der Waals surface area contributed by atoms with E-state index < -0.39 is 0 Å². The van der Waals surface area contributed by atoms with Crippen LogP contribution >= 0.6 is 34.7 Å². The zero-order chi connectivity index (χ0) is 22.1. The number of carbonyl (C=O) groups excluding carboxylic acids is 3. The van der Waals surface area contributed by atoms with Crippen LogP contribution in [0.3, 0.4) is 0 Å². The summed E-state index contributed by atoms with van der Waals surface area (Å²) in [5.74, 6) is -1.12. The molecule has 2 aliphatic heterocycles. The molecule has 2 bridgehead atoms. The SMILES string of the molecule is O=C(CCN1C(=O)[C@@H]2[C@H]3C[C@@H](C4=Cc5sc(=O)[nH]c5S[C@@H]43)[C@H]2C1=O)Nc1ccc(Cl)cc1. The Morgan fingerprint density at radius 3 is 2.69 bits per heavy atom. The molecule has 2 aliphatic carbocycles. The van der Waals surface area contributed by atoms with Crippen LogP contribution in [0.2, 0.25) is 5.02 Å². The lowest BCUT2D eigenvalue weighted by molar-refractivity contribution is -0.140. The Balaban J connectivity index is 1.17. The Kier molecular flexibility index (Phi) is 4.64. The summed E-state index contributed by atoms with van der Waals surface area (Å²) in [6.45, 7) is 0.0844. The molecule has 164 valence electrons. The number of nitrogens with one attached hydrogen (secondary N) is 2. The lowest BCUT2D eigenvalue weighted by Gasteiger charge is -2.32. The van der Waals surface area contributed by atoms with Crippen molar-refractivity contribution in [1.82, 2.24) is 9.88 Å². The zero-order valence-electron chi connectivity index (χ0n) is 16.7. The number of thioether (sulfide) groups is 1. The van der Waals surface area contributed by atoms with E-state index in [0.29, 0.717) is 10.7 Å². The van der Waals surface area contributed by atoms with E-state index in [1.807, 2.05) is 0 Å². The largest absolute Gasteiger partial charge is 0.326 e. The molecule has 3 heterocycles. The van der Waals surface area contributed by atoms with Crippen LogP contribution < -0.4 is 10.2 Å². The van der Waals surface area contributed by atoms with Crippen molar-refractivity contribution < 1.29 is 14.4 Å². The lowest BCUT2D eigenvalue weighted by atomic mass is 9.77. The molecule has 1 saturated heterocycles. The Labute approximate surface area is 196 Å². The van der Waals surface area contributed by atoms with Gasteiger partial charge in [-0.25, -0.2) is 0 Å². The van der Waals surface area contributed by atoms with E-state index >= 15 is 0 Å². The van der Waals surface area contributed by atoms with Crippen LogP contribution in [-0.2, 0) is 14.4 Å². The van der Waals surface area contributed by atoms with Crippen LogP contribution in [-0.4, -0.2) is 39.4 Å². The van der Waals surface area contributed by atoms with E-state index in [1.54, 1.807) is 36.0 Å². The van der Waals surface area contributed by atoms with Crippen molar-refractivity contribution in [2.45, 2.75) is 23.1 Å². The van der Waals surface area contributed by atoms with E-state index in [4.69, 9.17) is 11.6 Å². The fourth-order valence-electron chi connectivity index (χ4n) is 5.67. The number of imide groups is 1. The number of rotatable bonds is 4. The number of nitrogens with zero attached hydrogens (tertiary/aromatic N) is 1. The quantitative estimate of drug-likeness (QED) is 0.645. The number of hydrogen-bond donors (Lipinski definition) is 2. The summed E-state index contributed by atoms with van der Waals surface area (Å²) in [4.78, 5) is 55.5. The van der Waals surface area contributed by atoms with Crippen LogP contribution in [0, 0.1) is 23.7 Å². The number of fused-ring (bicyclic) bond motifs is 9. The first-order chi connectivity index (χ1) is 15.4. The van der Waals surface area contributed by atoms with Gasteiger partial charge in [0.15, 0.2) is 0 Å². The number of aromatic nitrogens is 1. The summed E-state index contributed by atoms with van der Waals surface area (Å²) >= 11 is 8.66. The number of carbonyl (C=O) groups is 3. The second-order valence-corrected chi connectivity index (χ2v) is 11.2. The molecule has 2 N–H and O–H groups in total. The van der Waals surface area contributed by atoms with Crippen molar-refractivity contribution >= 4 is 64.2 Å². The molecule has 32 heavy (non-hydrogen) atoms. The third kappa shape index (κ3) is 3.02. The molecule has 0 unspecified atom stereocenters. The highest BCUT2D eigenvalue weighted by molar-refractivity contribution is 8.00. The fraction of sp³-hybridized carbons (Fsp3) is 0.364. The molecular formula is C22H18ClN3O4S2. The smallest absolute Gasteiger partial charge is 0.305 e. The average molecular weight is 488 g/mol. The molecule has 3 amide bonds. The minimum absolute atomic E-state index is 0.0391. The summed E-state index contributed by atoms with van der Waals surface area (Å²) in [5.41, 5.74) is 1.81. The molecule has 0 radical (unpaired) electrons. The first kappa shape index (κ1) is 20.3. The summed E-state index contributed by atoms with van der Waals surface area (Å²) in [6.07, 6.45) is 2.94. The molecule has 4 aliphatic rings. The monoisotopic (exact) mass is 487 g/mol. The maximum absolute atomic E-state index is 13.2. The highest BCUT2D eigenvalue weighted by Gasteiger charge is 2.66. The van der Waals surface area contributed by atoms with Crippen LogP contribution in [0.4, 0.5) is 5.69 Å². The Bertz CT molecular complexity index is 1250. The maximum Gasteiger partial charge on any atom is 0.305 e. The van der Waals surface area contributed by atoms with E-state index in [2.05, 4.69) is 16.4 Å². The van der Waals surface area contributed by atoms with E-state index in [-0.39, 0.29) is 64.5 Å². The molecule has 10 heteroatoms. The second kappa shape index (κ2) is 7.33. The third-order valence-corrected chi connectivity index (χ3v) is 9.57. The van der Waals surface area contributed by atoms with Gasteiger partial charge in [-0.15, -0.1) is 0 Å². The van der Waals surface area contributed by atoms with Gasteiger partial charge in [0, 0.05) is 28.9 Å². The molecule has 2 aromatic rings. The number of amides is 3. The van der Waals surface area contributed by atoms with Crippen molar-refractivity contribution in [1.29, 1.82) is 0 Å². The normalized spacial score (nSPS) is 29.6. The van der Waals surface area contributed by atoms with E-state index in [0.717, 1.165) is 16.3 Å². The lowest BCUT2D eigenvalue weighted by Crippen LogP contribution is -2.35. The van der Waals surface area contributed by atoms with Gasteiger partial charge in [0.1, 0.15) is 0 Å². The van der Waals surface area contributed by atoms with Crippen LogP contribution in [0.5, 0.6) is 0 Å². The summed E-state index contributed by atoms with van der Waals surface area (Å²) < 4.78 is 0. The summed E-state index contributed by atoms with van der Waals surface area (Å²) in [6, 6.07) is 6.77. The Morgan fingerprint density at radius 2 is 1.91 bits per heavy atom. The molecular weight excluding hydrogens is 470 g/mol. The van der Waals surface area contributed by atoms with Crippen LogP contribution in [0.15, 0.2) is 39.7 Å². The Morgan fingerprint density at radius 1 is 1.16 bits per heavy atom. The molecule has 0 spiro atoms. The number of likely N-dealkylation sites (tertiary alicyclic amines) is 1. The van der Waals surface area contributed by atoms with Crippen LogP contribution in [0.25, 0.3) is 6.08 Å². The van der Waals surface area contributed by atoms with Gasteiger partial charge in [-0.3, -0.25) is 24.1 Å². The van der Waals surface area contributed by atoms with Gasteiger partial charge in [0.25, 0.3) is 0 Å². The fourth-order valence-corrected chi connectivity index (χ4v) is 8.24. The average Bonchev–Trinajstić information content (AvgIpc) is 3.47. The molecule has 5 atom stereocenters. The summed E-state index contributed by atoms with van der Waals surface area (Å²) in [7, 11) is 0. The molecule has 2 saturated carbocycles. The minimum atomic E-state index is -0.341. The number of anilines is 1.